The number of rotatable bonds is 2. The first-order valence-electron chi connectivity index (χ1n) is 8.02. The van der Waals surface area contributed by atoms with Gasteiger partial charge in [0.15, 0.2) is 0 Å². The zero-order chi connectivity index (χ0) is 16.6. The van der Waals surface area contributed by atoms with Gasteiger partial charge in [-0.25, -0.2) is 0 Å². The smallest absolute Gasteiger partial charge is 0.135 e. The predicted octanol–water partition coefficient (Wildman–Crippen LogP) is 4.24. The van der Waals surface area contributed by atoms with Crippen LogP contribution in [-0.2, 0) is 0 Å². The van der Waals surface area contributed by atoms with Crippen molar-refractivity contribution in [3.63, 3.8) is 0 Å². The van der Waals surface area contributed by atoms with Gasteiger partial charge < -0.3 is 4.98 Å². The standard InChI is InChI=1S/C20H13N5/c1-2-8-14-13(7-1)17-18(15-9-3-5-11-21-15)24-25-19(20(17)23-14)16-10-4-6-12-22-16/h1-12,23H. The molecule has 0 fully saturated rings. The Morgan fingerprint density at radius 1 is 0.640 bits per heavy atom. The highest BCUT2D eigenvalue weighted by molar-refractivity contribution is 6.15. The molecule has 0 amide bonds. The summed E-state index contributed by atoms with van der Waals surface area (Å²) >= 11 is 0. The number of aromatic amines is 1. The van der Waals surface area contributed by atoms with Gasteiger partial charge in [0.2, 0.25) is 0 Å². The largest absolute Gasteiger partial charge is 0.353 e. The Bertz CT molecular complexity index is 1180. The fourth-order valence-corrected chi connectivity index (χ4v) is 3.13. The van der Waals surface area contributed by atoms with E-state index in [2.05, 4.69) is 37.3 Å². The van der Waals surface area contributed by atoms with Gasteiger partial charge in [0.1, 0.15) is 11.4 Å². The molecular weight excluding hydrogens is 310 g/mol. The van der Waals surface area contributed by atoms with Crippen molar-refractivity contribution in [1.82, 2.24) is 25.1 Å². The molecule has 0 radical (unpaired) electrons. The molecule has 0 bridgehead atoms. The highest BCUT2D eigenvalue weighted by atomic mass is 15.1. The molecule has 118 valence electrons. The lowest BCUT2D eigenvalue weighted by Crippen LogP contribution is -1.96. The summed E-state index contributed by atoms with van der Waals surface area (Å²) < 4.78 is 0. The average Bonchev–Trinajstić information content (AvgIpc) is 3.08. The molecule has 0 aliphatic heterocycles. The van der Waals surface area contributed by atoms with Crippen molar-refractivity contribution in [3.8, 4) is 22.8 Å². The number of fused-ring (bicyclic) bond motifs is 3. The van der Waals surface area contributed by atoms with Crippen molar-refractivity contribution in [2.75, 3.05) is 0 Å². The quantitative estimate of drug-likeness (QED) is 0.528. The Morgan fingerprint density at radius 3 is 2.00 bits per heavy atom. The van der Waals surface area contributed by atoms with Gasteiger partial charge in [-0.2, -0.15) is 0 Å². The lowest BCUT2D eigenvalue weighted by molar-refractivity contribution is 1.04. The van der Waals surface area contributed by atoms with Crippen LogP contribution in [0.4, 0.5) is 0 Å². The fourth-order valence-electron chi connectivity index (χ4n) is 3.13. The monoisotopic (exact) mass is 323 g/mol. The van der Waals surface area contributed by atoms with E-state index in [4.69, 9.17) is 0 Å². The second-order valence-corrected chi connectivity index (χ2v) is 5.75. The minimum Gasteiger partial charge on any atom is -0.353 e. The molecule has 0 aliphatic carbocycles. The van der Waals surface area contributed by atoms with E-state index < -0.39 is 0 Å². The number of hydrogen-bond acceptors (Lipinski definition) is 4. The number of nitrogens with one attached hydrogen (secondary N) is 1. The Labute approximate surface area is 143 Å². The second-order valence-electron chi connectivity index (χ2n) is 5.75. The number of para-hydroxylation sites is 1. The van der Waals surface area contributed by atoms with Gasteiger partial charge in [0, 0.05) is 28.7 Å². The van der Waals surface area contributed by atoms with Crippen molar-refractivity contribution in [1.29, 1.82) is 0 Å². The summed E-state index contributed by atoms with van der Waals surface area (Å²) in [6, 6.07) is 19.8. The SMILES string of the molecule is c1ccc(-c2nnc(-c3ccccn3)c3c2[nH]c2ccccc23)nc1. The summed E-state index contributed by atoms with van der Waals surface area (Å²) in [5, 5.41) is 11.1. The summed E-state index contributed by atoms with van der Waals surface area (Å²) in [5.74, 6) is 0. The van der Waals surface area contributed by atoms with Crippen molar-refractivity contribution in [2.24, 2.45) is 0 Å². The first-order valence-corrected chi connectivity index (χ1v) is 8.02. The van der Waals surface area contributed by atoms with Gasteiger partial charge in [-0.05, 0) is 30.3 Å². The van der Waals surface area contributed by atoms with Gasteiger partial charge >= 0.3 is 0 Å². The number of H-pyrrole nitrogens is 1. The van der Waals surface area contributed by atoms with E-state index in [0.717, 1.165) is 44.6 Å². The summed E-state index contributed by atoms with van der Waals surface area (Å²) in [5.41, 5.74) is 5.08. The van der Waals surface area contributed by atoms with Crippen LogP contribution in [0.25, 0.3) is 44.6 Å². The maximum absolute atomic E-state index is 4.50. The molecule has 1 N–H and O–H groups in total. The summed E-state index contributed by atoms with van der Waals surface area (Å²) in [7, 11) is 0. The third-order valence-electron chi connectivity index (χ3n) is 4.24. The third kappa shape index (κ3) is 2.17. The van der Waals surface area contributed by atoms with Crippen LogP contribution in [0.15, 0.2) is 73.1 Å². The van der Waals surface area contributed by atoms with Gasteiger partial charge in [-0.1, -0.05) is 30.3 Å². The topological polar surface area (TPSA) is 67.3 Å². The molecular formula is C20H13N5. The molecule has 5 rings (SSSR count). The number of benzene rings is 1. The maximum Gasteiger partial charge on any atom is 0.135 e. The van der Waals surface area contributed by atoms with Crippen LogP contribution in [0.5, 0.6) is 0 Å². The number of nitrogens with zero attached hydrogens (tertiary/aromatic N) is 4. The normalized spacial score (nSPS) is 11.2. The lowest BCUT2D eigenvalue weighted by atomic mass is 10.1. The van der Waals surface area contributed by atoms with Crippen LogP contribution in [0.3, 0.4) is 0 Å². The number of hydrogen-bond donors (Lipinski definition) is 1. The second kappa shape index (κ2) is 5.49. The maximum atomic E-state index is 4.50. The van der Waals surface area contributed by atoms with Crippen molar-refractivity contribution < 1.29 is 0 Å². The van der Waals surface area contributed by atoms with E-state index in [9.17, 15) is 0 Å². The van der Waals surface area contributed by atoms with E-state index in [-0.39, 0.29) is 0 Å². The number of aromatic nitrogens is 5. The molecule has 25 heavy (non-hydrogen) atoms. The molecule has 4 aromatic heterocycles. The third-order valence-corrected chi connectivity index (χ3v) is 4.24. The van der Waals surface area contributed by atoms with Crippen molar-refractivity contribution in [3.05, 3.63) is 73.1 Å². The van der Waals surface area contributed by atoms with Crippen LogP contribution in [0.2, 0.25) is 0 Å². The van der Waals surface area contributed by atoms with Gasteiger partial charge in [-0.3, -0.25) is 9.97 Å². The van der Waals surface area contributed by atoms with Crippen LogP contribution >= 0.6 is 0 Å². The minimum atomic E-state index is 0.742. The van der Waals surface area contributed by atoms with Gasteiger partial charge in [0.05, 0.1) is 16.9 Å². The van der Waals surface area contributed by atoms with Crippen LogP contribution < -0.4 is 0 Å². The molecule has 0 saturated carbocycles. The molecule has 0 unspecified atom stereocenters. The Morgan fingerprint density at radius 2 is 1.28 bits per heavy atom. The fraction of sp³-hybridized carbons (Fsp3) is 0. The summed E-state index contributed by atoms with van der Waals surface area (Å²) in [4.78, 5) is 12.4. The molecule has 1 aromatic carbocycles. The highest BCUT2D eigenvalue weighted by Gasteiger charge is 2.18. The first-order chi connectivity index (χ1) is 12.4. The highest BCUT2D eigenvalue weighted by Crippen LogP contribution is 2.35. The Kier molecular flexibility index (Phi) is 3.03. The lowest BCUT2D eigenvalue weighted by Gasteiger charge is -2.05. The Hall–Kier alpha value is -3.60. The first kappa shape index (κ1) is 13.8. The van der Waals surface area contributed by atoms with E-state index >= 15 is 0 Å². The van der Waals surface area contributed by atoms with Crippen molar-refractivity contribution >= 4 is 21.8 Å². The van der Waals surface area contributed by atoms with Gasteiger partial charge in [-0.15, -0.1) is 10.2 Å². The summed E-state index contributed by atoms with van der Waals surface area (Å²) in [6.07, 6.45) is 3.53. The van der Waals surface area contributed by atoms with Crippen LogP contribution in [0.1, 0.15) is 0 Å². The molecule has 5 aromatic rings. The predicted molar refractivity (Wildman–Crippen MR) is 97.9 cm³/mol. The van der Waals surface area contributed by atoms with E-state index in [1.54, 1.807) is 12.4 Å². The minimum absolute atomic E-state index is 0.742. The van der Waals surface area contributed by atoms with Crippen LogP contribution in [0, 0.1) is 0 Å². The van der Waals surface area contributed by atoms with E-state index in [0.29, 0.717) is 0 Å². The van der Waals surface area contributed by atoms with E-state index in [1.165, 1.54) is 0 Å². The molecule has 0 spiro atoms. The molecule has 4 heterocycles. The zero-order valence-corrected chi connectivity index (χ0v) is 13.2. The molecule has 0 saturated heterocycles. The molecule has 0 atom stereocenters. The Balaban J connectivity index is 1.92. The van der Waals surface area contributed by atoms with Crippen LogP contribution in [-0.4, -0.2) is 25.1 Å². The van der Waals surface area contributed by atoms with Gasteiger partial charge in [0.25, 0.3) is 0 Å². The molecule has 5 heteroatoms. The number of pyridine rings is 2. The molecule has 0 aliphatic rings. The molecule has 5 nitrogen and oxygen atoms in total. The van der Waals surface area contributed by atoms with E-state index in [1.807, 2.05) is 48.5 Å². The summed E-state index contributed by atoms with van der Waals surface area (Å²) in [6.45, 7) is 0. The van der Waals surface area contributed by atoms with Crippen molar-refractivity contribution in [2.45, 2.75) is 0 Å². The zero-order valence-electron chi connectivity index (χ0n) is 13.2. The average molecular weight is 323 g/mol.